The molecule has 0 aliphatic heterocycles. The first-order chi connectivity index (χ1) is 28.1. The highest BCUT2D eigenvalue weighted by Gasteiger charge is 2.24. The summed E-state index contributed by atoms with van der Waals surface area (Å²) < 4.78 is 44.8. The van der Waals surface area contributed by atoms with Gasteiger partial charge in [0.1, 0.15) is 35.6 Å². The molecular weight excluding hydrogens is 734 g/mol. The van der Waals surface area contributed by atoms with Crippen LogP contribution in [0.15, 0.2) is 176 Å². The summed E-state index contributed by atoms with van der Waals surface area (Å²) >= 11 is 0. The average molecular weight is 777 g/mol. The second-order valence-electron chi connectivity index (χ2n) is 14.1. The third kappa shape index (κ3) is 9.19. The summed E-state index contributed by atoms with van der Waals surface area (Å²) in [6.45, 7) is 6.18. The second-order valence-corrected chi connectivity index (χ2v) is 14.1. The molecule has 9 aromatic rings. The summed E-state index contributed by atoms with van der Waals surface area (Å²) in [6.07, 6.45) is -0.910. The van der Waals surface area contributed by atoms with Crippen molar-refractivity contribution in [1.82, 2.24) is 29.3 Å². The van der Waals surface area contributed by atoms with Crippen molar-refractivity contribution in [2.75, 3.05) is 0 Å². The second kappa shape index (κ2) is 17.5. The number of alkyl halides is 3. The minimum absolute atomic E-state index is 0.105. The molecule has 1 unspecified atom stereocenters. The maximum Gasteiger partial charge on any atom is 0.264 e. The molecule has 0 bridgehead atoms. The summed E-state index contributed by atoms with van der Waals surface area (Å²) in [5, 5.41) is 26.0. The van der Waals surface area contributed by atoms with Crippen LogP contribution in [0.5, 0.6) is 0 Å². The molecule has 9 rings (SSSR count). The van der Waals surface area contributed by atoms with E-state index < -0.39 is 18.6 Å². The smallest absolute Gasteiger partial charge is 0.264 e. The molecule has 6 aromatic carbocycles. The molecule has 1 atom stereocenters. The molecule has 3 aromatic heterocycles. The lowest BCUT2D eigenvalue weighted by Gasteiger charge is -2.10. The van der Waals surface area contributed by atoms with Gasteiger partial charge in [0, 0.05) is 39.8 Å². The van der Waals surface area contributed by atoms with Gasteiger partial charge in [0.2, 0.25) is 0 Å². The normalized spacial score (nSPS) is 11.8. The van der Waals surface area contributed by atoms with Crippen molar-refractivity contribution >= 4 is 32.7 Å². The van der Waals surface area contributed by atoms with Gasteiger partial charge >= 0.3 is 0 Å². The third-order valence-corrected chi connectivity index (χ3v) is 9.30. The lowest BCUT2D eigenvalue weighted by atomic mass is 10.1. The van der Waals surface area contributed by atoms with Gasteiger partial charge < -0.3 is 5.11 Å². The Balaban J connectivity index is 0.000000132. The molecular formula is C48H43F3N6O. The average Bonchev–Trinajstić information content (AvgIpc) is 3.90. The number of aliphatic hydroxyl groups excluding tert-OH is 1. The highest BCUT2D eigenvalue weighted by atomic mass is 19.3. The van der Waals surface area contributed by atoms with E-state index in [-0.39, 0.29) is 12.3 Å². The van der Waals surface area contributed by atoms with Gasteiger partial charge in [-0.25, -0.2) is 13.2 Å². The Morgan fingerprint density at radius 1 is 0.552 bits per heavy atom. The molecule has 0 spiro atoms. The van der Waals surface area contributed by atoms with Crippen molar-refractivity contribution in [3.8, 4) is 33.8 Å². The van der Waals surface area contributed by atoms with Gasteiger partial charge in [-0.05, 0) is 25.1 Å². The fourth-order valence-electron chi connectivity index (χ4n) is 6.86. The van der Waals surface area contributed by atoms with Gasteiger partial charge in [-0.2, -0.15) is 15.3 Å². The van der Waals surface area contributed by atoms with Crippen LogP contribution in [0.4, 0.5) is 13.2 Å². The number of nitrogens with zero attached hydrogens (tertiary/aromatic N) is 6. The van der Waals surface area contributed by atoms with E-state index in [1.807, 2.05) is 164 Å². The highest BCUT2D eigenvalue weighted by Crippen LogP contribution is 2.31. The molecule has 0 amide bonds. The molecule has 0 aliphatic carbocycles. The summed E-state index contributed by atoms with van der Waals surface area (Å²) in [7, 11) is 0. The Morgan fingerprint density at radius 2 is 0.879 bits per heavy atom. The molecule has 0 saturated heterocycles. The summed E-state index contributed by atoms with van der Waals surface area (Å²) in [6, 6.07) is 53.1. The number of fused-ring (bicyclic) bond motifs is 3. The van der Waals surface area contributed by atoms with Crippen LogP contribution < -0.4 is 0 Å². The van der Waals surface area contributed by atoms with Gasteiger partial charge in [-0.1, -0.05) is 152 Å². The van der Waals surface area contributed by atoms with Gasteiger partial charge in [0.15, 0.2) is 0 Å². The number of aliphatic hydroxyl groups is 1. The lowest BCUT2D eigenvalue weighted by Crippen LogP contribution is -2.20. The first kappa shape index (κ1) is 39.3. The molecule has 7 nitrogen and oxygen atoms in total. The number of hydrogen-bond donors (Lipinski definition) is 1. The predicted molar refractivity (Wildman–Crippen MR) is 228 cm³/mol. The number of hydrogen-bond acceptors (Lipinski definition) is 4. The fourth-order valence-corrected chi connectivity index (χ4v) is 6.86. The maximum absolute atomic E-state index is 13.3. The van der Waals surface area contributed by atoms with E-state index in [9.17, 15) is 18.3 Å². The van der Waals surface area contributed by atoms with E-state index in [1.165, 1.54) is 4.68 Å². The maximum atomic E-state index is 13.3. The lowest BCUT2D eigenvalue weighted by molar-refractivity contribution is 0.00188. The number of para-hydroxylation sites is 3. The first-order valence-electron chi connectivity index (χ1n) is 19.0. The minimum atomic E-state index is -2.79. The van der Waals surface area contributed by atoms with Gasteiger partial charge in [-0.15, -0.1) is 0 Å². The number of benzene rings is 6. The van der Waals surface area contributed by atoms with Crippen molar-refractivity contribution in [2.45, 2.75) is 45.6 Å². The monoisotopic (exact) mass is 776 g/mol. The van der Waals surface area contributed by atoms with E-state index in [4.69, 9.17) is 0 Å². The fraction of sp³-hybridized carbons (Fsp3) is 0.146. The Labute approximate surface area is 334 Å². The molecule has 0 saturated carbocycles. The Kier molecular flexibility index (Phi) is 11.8. The largest absolute Gasteiger partial charge is 0.511 e. The quantitative estimate of drug-likeness (QED) is 0.148. The number of aromatic nitrogens is 6. The van der Waals surface area contributed by atoms with Gasteiger partial charge in [0.25, 0.3) is 5.92 Å². The van der Waals surface area contributed by atoms with Crippen molar-refractivity contribution < 1.29 is 18.3 Å². The van der Waals surface area contributed by atoms with Crippen LogP contribution in [0.3, 0.4) is 0 Å². The number of allylic oxidation sites excluding steroid dienone is 1. The summed E-state index contributed by atoms with van der Waals surface area (Å²) in [5.41, 5.74) is 8.35. The minimum Gasteiger partial charge on any atom is -0.511 e. The van der Waals surface area contributed by atoms with E-state index >= 15 is 0 Å². The van der Waals surface area contributed by atoms with Gasteiger partial charge in [0.05, 0.1) is 29.6 Å². The highest BCUT2D eigenvalue weighted by molar-refractivity contribution is 5.95. The Morgan fingerprint density at radius 3 is 1.26 bits per heavy atom. The van der Waals surface area contributed by atoms with E-state index in [2.05, 4.69) is 21.9 Å². The molecule has 58 heavy (non-hydrogen) atoms. The Bertz CT molecular complexity index is 2750. The molecule has 0 aliphatic rings. The predicted octanol–water partition coefficient (Wildman–Crippen LogP) is 12.2. The molecule has 1 N–H and O–H groups in total. The number of halogens is 3. The van der Waals surface area contributed by atoms with Crippen LogP contribution >= 0.6 is 0 Å². The topological polar surface area (TPSA) is 73.7 Å². The molecule has 292 valence electrons. The van der Waals surface area contributed by atoms with Crippen molar-refractivity contribution in [3.05, 3.63) is 176 Å². The summed E-state index contributed by atoms with van der Waals surface area (Å²) in [4.78, 5) is 0. The zero-order valence-electron chi connectivity index (χ0n) is 32.3. The zero-order valence-corrected chi connectivity index (χ0v) is 32.3. The van der Waals surface area contributed by atoms with Crippen molar-refractivity contribution in [3.63, 3.8) is 0 Å². The van der Waals surface area contributed by atoms with Gasteiger partial charge in [-0.3, -0.25) is 14.0 Å². The van der Waals surface area contributed by atoms with Crippen LogP contribution in [0.2, 0.25) is 0 Å². The molecule has 3 heterocycles. The van der Waals surface area contributed by atoms with E-state index in [0.29, 0.717) is 6.54 Å². The number of rotatable bonds is 9. The van der Waals surface area contributed by atoms with Crippen LogP contribution in [0.25, 0.3) is 66.5 Å². The SMILES string of the molecule is C=C(O)Cn1nc(-c2ccccc2)c2ccccc21.CC(F)(F)Cn1nc(-c2ccccc2)c2ccccc21.CC(F)Cn1nc(-c2ccccc2)c2ccccc21. The molecule has 10 heteroatoms. The van der Waals surface area contributed by atoms with Crippen LogP contribution in [-0.2, 0) is 19.6 Å². The van der Waals surface area contributed by atoms with Crippen LogP contribution in [-0.4, -0.2) is 46.5 Å². The standard InChI is InChI=1S/C16H14F2N2.C16H15FN2.C16H14N2O/c1-16(17,18)11-20-14-10-6-5-9-13(14)15(19-20)12-7-3-2-4-8-12;1-12(17)11-19-15-10-6-5-9-14(15)16(18-19)13-7-3-2-4-8-13;1-12(19)11-18-15-10-6-5-9-14(15)16(17-18)13-7-3-2-4-8-13/h2-10H,11H2,1H3;2-10,12H,11H2,1H3;2-10,19H,1,11H2. The van der Waals surface area contributed by atoms with Crippen molar-refractivity contribution in [2.24, 2.45) is 0 Å². The third-order valence-electron chi connectivity index (χ3n) is 9.30. The summed E-state index contributed by atoms with van der Waals surface area (Å²) in [5.74, 6) is -2.68. The van der Waals surface area contributed by atoms with E-state index in [1.54, 1.807) is 16.3 Å². The first-order valence-corrected chi connectivity index (χ1v) is 19.0. The zero-order chi connectivity index (χ0) is 40.6. The van der Waals surface area contributed by atoms with Crippen LogP contribution in [0, 0.1) is 0 Å². The molecule has 0 radical (unpaired) electrons. The van der Waals surface area contributed by atoms with Crippen molar-refractivity contribution in [1.29, 1.82) is 0 Å². The van der Waals surface area contributed by atoms with Crippen LogP contribution in [0.1, 0.15) is 13.8 Å². The Hall–Kier alpha value is -6.94. The van der Waals surface area contributed by atoms with E-state index in [0.717, 1.165) is 73.4 Å². The molecule has 0 fully saturated rings.